The van der Waals surface area contributed by atoms with Gasteiger partial charge in [0.1, 0.15) is 9.92 Å². The number of carbonyl (C=O) groups excluding carboxylic acids is 1. The van der Waals surface area contributed by atoms with Gasteiger partial charge < -0.3 is 5.73 Å². The molecule has 0 aliphatic rings. The van der Waals surface area contributed by atoms with Gasteiger partial charge in [-0.3, -0.25) is 4.79 Å². The molecule has 3 N–H and O–H groups in total. The van der Waals surface area contributed by atoms with Crippen LogP contribution in [0.3, 0.4) is 0 Å². The van der Waals surface area contributed by atoms with Gasteiger partial charge in [0, 0.05) is 0 Å². The Labute approximate surface area is 114 Å². The Balaban J connectivity index is 3.06. The summed E-state index contributed by atoms with van der Waals surface area (Å²) in [5.74, 6) is -0.242. The second-order valence-corrected chi connectivity index (χ2v) is 6.82. The number of nitrogens with two attached hydrogens (primary N) is 1. The van der Waals surface area contributed by atoms with Crippen LogP contribution in [-0.4, -0.2) is 23.2 Å². The number of hydrogen-bond donors (Lipinski definition) is 2. The van der Waals surface area contributed by atoms with E-state index in [1.54, 1.807) is 24.3 Å². The van der Waals surface area contributed by atoms with Gasteiger partial charge in [-0.15, -0.1) is 4.36 Å². The van der Waals surface area contributed by atoms with Gasteiger partial charge >= 0.3 is 0 Å². The molecule has 0 bridgehead atoms. The van der Waals surface area contributed by atoms with Gasteiger partial charge in [0.15, 0.2) is 0 Å². The van der Waals surface area contributed by atoms with Gasteiger partial charge in [-0.1, -0.05) is 32.0 Å². The first-order valence-electron chi connectivity index (χ1n) is 6.19. The van der Waals surface area contributed by atoms with E-state index in [0.29, 0.717) is 11.3 Å². The molecule has 0 heterocycles. The van der Waals surface area contributed by atoms with Crippen LogP contribution < -0.4 is 10.5 Å². The predicted molar refractivity (Wildman–Crippen MR) is 76.8 cm³/mol. The fourth-order valence-electron chi connectivity index (χ4n) is 1.62. The monoisotopic (exact) mass is 283 g/mol. The third-order valence-electron chi connectivity index (χ3n) is 2.60. The molecular formula is C13H21N3O2S. The van der Waals surface area contributed by atoms with Crippen molar-refractivity contribution in [3.63, 3.8) is 0 Å². The minimum atomic E-state index is -2.94. The molecule has 1 aromatic rings. The molecule has 19 heavy (non-hydrogen) atoms. The number of amides is 1. The van der Waals surface area contributed by atoms with E-state index in [9.17, 15) is 9.00 Å². The third kappa shape index (κ3) is 4.41. The molecule has 106 valence electrons. The molecule has 0 radical (unpaired) electrons. The van der Waals surface area contributed by atoms with Crippen molar-refractivity contribution in [1.29, 1.82) is 0 Å². The van der Waals surface area contributed by atoms with Crippen LogP contribution in [0.5, 0.6) is 0 Å². The van der Waals surface area contributed by atoms with Gasteiger partial charge in [0.05, 0.1) is 10.9 Å². The van der Waals surface area contributed by atoms with E-state index in [0.717, 1.165) is 0 Å². The summed E-state index contributed by atoms with van der Waals surface area (Å²) in [6, 6.07) is 7.94. The fraction of sp³-hybridized carbons (Fsp3) is 0.462. The first-order valence-corrected chi connectivity index (χ1v) is 7.70. The van der Waals surface area contributed by atoms with E-state index in [1.165, 1.54) is 7.05 Å². The van der Waals surface area contributed by atoms with Crippen LogP contribution in [0.4, 0.5) is 0 Å². The van der Waals surface area contributed by atoms with Crippen molar-refractivity contribution in [2.75, 3.05) is 7.05 Å². The second-order valence-electron chi connectivity index (χ2n) is 4.71. The van der Waals surface area contributed by atoms with E-state index < -0.39 is 21.9 Å². The maximum Gasteiger partial charge on any atom is 0.271 e. The quantitative estimate of drug-likeness (QED) is 0.859. The van der Waals surface area contributed by atoms with Gasteiger partial charge in [0.25, 0.3) is 5.91 Å². The molecule has 0 saturated heterocycles. The Morgan fingerprint density at radius 1 is 1.37 bits per heavy atom. The zero-order valence-electron chi connectivity index (χ0n) is 11.5. The number of rotatable bonds is 5. The van der Waals surface area contributed by atoms with Gasteiger partial charge in [0.2, 0.25) is 0 Å². The van der Waals surface area contributed by atoms with Crippen molar-refractivity contribution < 1.29 is 9.00 Å². The van der Waals surface area contributed by atoms with Crippen molar-refractivity contribution in [1.82, 2.24) is 4.72 Å². The van der Waals surface area contributed by atoms with E-state index in [2.05, 4.69) is 9.08 Å². The highest BCUT2D eigenvalue weighted by Crippen LogP contribution is 2.12. The summed E-state index contributed by atoms with van der Waals surface area (Å²) in [5.41, 5.74) is 5.76. The van der Waals surface area contributed by atoms with Crippen LogP contribution in [-0.2, 0) is 14.7 Å². The average molecular weight is 283 g/mol. The highest BCUT2D eigenvalue weighted by Gasteiger charge is 2.18. The van der Waals surface area contributed by atoms with E-state index in [4.69, 9.17) is 5.73 Å². The Morgan fingerprint density at radius 3 is 2.42 bits per heavy atom. The Morgan fingerprint density at radius 2 is 1.95 bits per heavy atom. The SMILES string of the molecule is CNS(=O)(=NC(=O)[C@@H](N)CC(C)C)c1ccccc1. The lowest BCUT2D eigenvalue weighted by atomic mass is 10.0. The summed E-state index contributed by atoms with van der Waals surface area (Å²) in [6.07, 6.45) is 0.524. The zero-order chi connectivity index (χ0) is 14.5. The lowest BCUT2D eigenvalue weighted by Gasteiger charge is -2.12. The fourth-order valence-corrected chi connectivity index (χ4v) is 2.97. The van der Waals surface area contributed by atoms with Crippen LogP contribution in [0, 0.1) is 5.92 Å². The van der Waals surface area contributed by atoms with Crippen LogP contribution in [0.25, 0.3) is 0 Å². The minimum Gasteiger partial charge on any atom is -0.320 e. The molecular weight excluding hydrogens is 262 g/mol. The molecule has 0 aromatic heterocycles. The van der Waals surface area contributed by atoms with E-state index in [1.807, 2.05) is 19.9 Å². The maximum atomic E-state index is 12.6. The molecule has 0 aliphatic carbocycles. The van der Waals surface area contributed by atoms with Crippen LogP contribution in [0.15, 0.2) is 39.6 Å². The Hall–Kier alpha value is -1.24. The largest absolute Gasteiger partial charge is 0.320 e. The summed E-state index contributed by atoms with van der Waals surface area (Å²) in [4.78, 5) is 12.4. The number of benzene rings is 1. The summed E-state index contributed by atoms with van der Waals surface area (Å²) < 4.78 is 19.0. The smallest absolute Gasteiger partial charge is 0.271 e. The molecule has 1 unspecified atom stereocenters. The van der Waals surface area contributed by atoms with Crippen molar-refractivity contribution in [3.05, 3.63) is 30.3 Å². The van der Waals surface area contributed by atoms with Crippen LogP contribution >= 0.6 is 0 Å². The lowest BCUT2D eigenvalue weighted by molar-refractivity contribution is -0.119. The van der Waals surface area contributed by atoms with Crippen molar-refractivity contribution in [3.8, 4) is 0 Å². The van der Waals surface area contributed by atoms with Crippen LogP contribution in [0.2, 0.25) is 0 Å². The molecule has 0 saturated carbocycles. The number of nitrogens with zero attached hydrogens (tertiary/aromatic N) is 1. The van der Waals surface area contributed by atoms with E-state index >= 15 is 0 Å². The van der Waals surface area contributed by atoms with Crippen molar-refractivity contribution in [2.24, 2.45) is 16.0 Å². The standard InChI is InChI=1S/C13H21N3O2S/c1-10(2)9-12(14)13(17)16-19(18,15-3)11-7-5-4-6-8-11/h4-8,10,12H,9,14H2,1-3H3,(H,15,16,17,18)/t12-,19?/m0/s1. The normalized spacial score (nSPS) is 15.8. The Kier molecular flexibility index (Phi) is 5.65. The van der Waals surface area contributed by atoms with Crippen molar-refractivity contribution >= 4 is 15.8 Å². The molecule has 6 heteroatoms. The second kappa shape index (κ2) is 6.79. The molecule has 0 aliphatic heterocycles. The predicted octanol–water partition coefficient (Wildman–Crippen LogP) is 1.55. The first-order chi connectivity index (χ1) is 8.89. The van der Waals surface area contributed by atoms with Gasteiger partial charge in [-0.05, 0) is 31.5 Å². The van der Waals surface area contributed by atoms with Crippen molar-refractivity contribution in [2.45, 2.75) is 31.2 Å². The molecule has 1 aromatic carbocycles. The zero-order valence-corrected chi connectivity index (χ0v) is 12.3. The maximum absolute atomic E-state index is 12.6. The first kappa shape index (κ1) is 15.8. The molecule has 0 spiro atoms. The van der Waals surface area contributed by atoms with Gasteiger partial charge in [-0.25, -0.2) is 8.93 Å². The summed E-state index contributed by atoms with van der Waals surface area (Å²) in [5, 5.41) is 0. The highest BCUT2D eigenvalue weighted by molar-refractivity contribution is 7.92. The summed E-state index contributed by atoms with van der Waals surface area (Å²) in [6.45, 7) is 3.94. The topological polar surface area (TPSA) is 84.5 Å². The summed E-state index contributed by atoms with van der Waals surface area (Å²) in [7, 11) is -1.43. The van der Waals surface area contributed by atoms with Gasteiger partial charge in [-0.2, -0.15) is 0 Å². The molecule has 5 nitrogen and oxygen atoms in total. The van der Waals surface area contributed by atoms with E-state index in [-0.39, 0.29) is 5.92 Å². The minimum absolute atomic E-state index is 0.288. The molecule has 2 atom stereocenters. The summed E-state index contributed by atoms with van der Waals surface area (Å²) >= 11 is 0. The number of nitrogens with one attached hydrogen (secondary N) is 1. The lowest BCUT2D eigenvalue weighted by Crippen LogP contribution is -2.32. The third-order valence-corrected chi connectivity index (χ3v) is 4.50. The molecule has 1 rings (SSSR count). The number of carbonyl (C=O) groups is 1. The average Bonchev–Trinajstić information content (AvgIpc) is 2.38. The molecule has 0 fully saturated rings. The Bertz CT molecular complexity index is 534. The number of hydrogen-bond acceptors (Lipinski definition) is 3. The highest BCUT2D eigenvalue weighted by atomic mass is 32.2. The molecule has 1 amide bonds. The van der Waals surface area contributed by atoms with Crippen LogP contribution in [0.1, 0.15) is 20.3 Å².